The summed E-state index contributed by atoms with van der Waals surface area (Å²) in [5.74, 6) is 0.138. The van der Waals surface area contributed by atoms with E-state index in [-0.39, 0.29) is 6.42 Å². The number of hydrogen-bond acceptors (Lipinski definition) is 4. The SMILES string of the molecule is O=CN[C@@H](CC(=O)O)c1cc(Br)c2c(c1)OCCO2. The van der Waals surface area contributed by atoms with E-state index in [0.717, 1.165) is 0 Å². The Morgan fingerprint density at radius 3 is 2.89 bits per heavy atom. The van der Waals surface area contributed by atoms with Crippen LogP contribution < -0.4 is 14.8 Å². The molecule has 0 spiro atoms. The van der Waals surface area contributed by atoms with Gasteiger partial charge in [-0.05, 0) is 33.6 Å². The average Bonchev–Trinajstić information content (AvgIpc) is 2.38. The molecule has 6 nitrogen and oxygen atoms in total. The number of amides is 1. The number of hydrogen-bond donors (Lipinski definition) is 2. The zero-order valence-electron chi connectivity index (χ0n) is 9.89. The minimum absolute atomic E-state index is 0.204. The lowest BCUT2D eigenvalue weighted by Gasteiger charge is -2.22. The van der Waals surface area contributed by atoms with Crippen LogP contribution in [0.15, 0.2) is 16.6 Å². The average molecular weight is 330 g/mol. The summed E-state index contributed by atoms with van der Waals surface area (Å²) in [7, 11) is 0. The van der Waals surface area contributed by atoms with Crippen molar-refractivity contribution < 1.29 is 24.2 Å². The van der Waals surface area contributed by atoms with E-state index in [1.807, 2.05) is 0 Å². The van der Waals surface area contributed by atoms with Crippen molar-refractivity contribution in [2.75, 3.05) is 13.2 Å². The smallest absolute Gasteiger partial charge is 0.305 e. The van der Waals surface area contributed by atoms with E-state index in [1.165, 1.54) is 0 Å². The Kier molecular flexibility index (Phi) is 4.26. The molecule has 1 aliphatic heterocycles. The summed E-state index contributed by atoms with van der Waals surface area (Å²) in [5.41, 5.74) is 0.644. The Hall–Kier alpha value is -1.76. The minimum atomic E-state index is -0.995. The van der Waals surface area contributed by atoms with Crippen LogP contribution in [0.5, 0.6) is 11.5 Å². The van der Waals surface area contributed by atoms with Crippen LogP contribution in [0, 0.1) is 0 Å². The predicted octanol–water partition coefficient (Wildman–Crippen LogP) is 1.48. The molecule has 2 N–H and O–H groups in total. The number of carboxylic acid groups (broad SMARTS) is 1. The van der Waals surface area contributed by atoms with Crippen molar-refractivity contribution >= 4 is 28.3 Å². The van der Waals surface area contributed by atoms with Crippen LogP contribution >= 0.6 is 15.9 Å². The maximum atomic E-state index is 10.8. The van der Waals surface area contributed by atoms with Crippen molar-refractivity contribution in [1.29, 1.82) is 0 Å². The molecule has 0 unspecified atom stereocenters. The molecule has 19 heavy (non-hydrogen) atoms. The molecule has 7 heteroatoms. The third-order valence-electron chi connectivity index (χ3n) is 2.67. The molecule has 1 atom stereocenters. The number of carbonyl (C=O) groups is 2. The fourth-order valence-corrected chi connectivity index (χ4v) is 2.44. The van der Waals surface area contributed by atoms with Crippen molar-refractivity contribution in [2.24, 2.45) is 0 Å². The number of aliphatic carboxylic acids is 1. The molecular formula is C12H12BrNO5. The quantitative estimate of drug-likeness (QED) is 0.799. The van der Waals surface area contributed by atoms with Gasteiger partial charge in [0.25, 0.3) is 0 Å². The Bertz CT molecular complexity index is 505. The number of benzene rings is 1. The van der Waals surface area contributed by atoms with Crippen LogP contribution in [-0.2, 0) is 9.59 Å². The highest BCUT2D eigenvalue weighted by Crippen LogP contribution is 2.40. The lowest BCUT2D eigenvalue weighted by molar-refractivity contribution is -0.137. The van der Waals surface area contributed by atoms with Crippen LogP contribution in [0.3, 0.4) is 0 Å². The molecule has 0 saturated heterocycles. The lowest BCUT2D eigenvalue weighted by atomic mass is 10.0. The van der Waals surface area contributed by atoms with Crippen LogP contribution in [0.2, 0.25) is 0 Å². The largest absolute Gasteiger partial charge is 0.486 e. The molecule has 0 radical (unpaired) electrons. The van der Waals surface area contributed by atoms with Crippen LogP contribution in [0.4, 0.5) is 0 Å². The van der Waals surface area contributed by atoms with Gasteiger partial charge in [0, 0.05) is 0 Å². The normalized spacial score (nSPS) is 14.6. The van der Waals surface area contributed by atoms with E-state index in [9.17, 15) is 9.59 Å². The molecule has 1 heterocycles. The summed E-state index contributed by atoms with van der Waals surface area (Å²) in [4.78, 5) is 21.4. The number of fused-ring (bicyclic) bond motifs is 1. The first-order valence-electron chi connectivity index (χ1n) is 5.62. The Balaban J connectivity index is 2.34. The van der Waals surface area contributed by atoms with Gasteiger partial charge >= 0.3 is 5.97 Å². The van der Waals surface area contributed by atoms with Crippen molar-refractivity contribution in [3.8, 4) is 11.5 Å². The number of ether oxygens (including phenoxy) is 2. The predicted molar refractivity (Wildman–Crippen MR) is 69.3 cm³/mol. The van der Waals surface area contributed by atoms with Crippen molar-refractivity contribution in [2.45, 2.75) is 12.5 Å². The number of nitrogens with one attached hydrogen (secondary N) is 1. The first-order chi connectivity index (χ1) is 9.11. The first kappa shape index (κ1) is 13.7. The summed E-state index contributed by atoms with van der Waals surface area (Å²) in [6.45, 7) is 0.906. The van der Waals surface area contributed by atoms with Crippen LogP contribution in [-0.4, -0.2) is 30.7 Å². The lowest BCUT2D eigenvalue weighted by Crippen LogP contribution is -2.23. The second-order valence-corrected chi connectivity index (χ2v) is 4.82. The number of carbonyl (C=O) groups excluding carboxylic acids is 1. The maximum Gasteiger partial charge on any atom is 0.305 e. The molecule has 0 aliphatic carbocycles. The van der Waals surface area contributed by atoms with Crippen molar-refractivity contribution in [3.63, 3.8) is 0 Å². The topological polar surface area (TPSA) is 84.9 Å². The standard InChI is InChI=1S/C12H12BrNO5/c13-8-3-7(9(14-6-15)5-11(16)17)4-10-12(8)19-2-1-18-10/h3-4,6,9H,1-2,5H2,(H,14,15)(H,16,17)/t9-/m0/s1. The molecular weight excluding hydrogens is 318 g/mol. The third kappa shape index (κ3) is 3.17. The summed E-state index contributed by atoms with van der Waals surface area (Å²) in [6.07, 6.45) is 0.281. The fourth-order valence-electron chi connectivity index (χ4n) is 1.86. The van der Waals surface area contributed by atoms with Gasteiger partial charge in [-0.25, -0.2) is 0 Å². The Morgan fingerprint density at radius 2 is 2.21 bits per heavy atom. The van der Waals surface area contributed by atoms with Crippen molar-refractivity contribution in [3.05, 3.63) is 22.2 Å². The highest BCUT2D eigenvalue weighted by Gasteiger charge is 2.21. The highest BCUT2D eigenvalue weighted by molar-refractivity contribution is 9.10. The van der Waals surface area contributed by atoms with Crippen molar-refractivity contribution in [1.82, 2.24) is 5.32 Å². The fraction of sp³-hybridized carbons (Fsp3) is 0.333. The van der Waals surface area contributed by atoms with Gasteiger partial charge in [0.05, 0.1) is 16.9 Å². The third-order valence-corrected chi connectivity index (χ3v) is 3.26. The molecule has 0 bridgehead atoms. The molecule has 1 aliphatic rings. The summed E-state index contributed by atoms with van der Waals surface area (Å²) in [6, 6.07) is 2.79. The summed E-state index contributed by atoms with van der Waals surface area (Å²) >= 11 is 3.35. The van der Waals surface area contributed by atoms with Crippen LogP contribution in [0.1, 0.15) is 18.0 Å². The van der Waals surface area contributed by atoms with Gasteiger partial charge in [0.1, 0.15) is 13.2 Å². The zero-order chi connectivity index (χ0) is 13.8. The molecule has 1 amide bonds. The van der Waals surface area contributed by atoms with E-state index in [2.05, 4.69) is 21.2 Å². The summed E-state index contributed by atoms with van der Waals surface area (Å²) in [5, 5.41) is 11.3. The van der Waals surface area contributed by atoms with Crippen LogP contribution in [0.25, 0.3) is 0 Å². The molecule has 0 fully saturated rings. The van der Waals surface area contributed by atoms with Gasteiger partial charge in [0.2, 0.25) is 6.41 Å². The maximum absolute atomic E-state index is 10.8. The second-order valence-electron chi connectivity index (χ2n) is 3.96. The van der Waals surface area contributed by atoms with E-state index in [4.69, 9.17) is 14.6 Å². The minimum Gasteiger partial charge on any atom is -0.486 e. The number of rotatable bonds is 5. The van der Waals surface area contributed by atoms with Gasteiger partial charge in [-0.1, -0.05) is 0 Å². The van der Waals surface area contributed by atoms with Gasteiger partial charge in [-0.3, -0.25) is 9.59 Å². The van der Waals surface area contributed by atoms with Gasteiger partial charge < -0.3 is 19.9 Å². The van der Waals surface area contributed by atoms with Gasteiger partial charge in [-0.15, -0.1) is 0 Å². The molecule has 1 aromatic rings. The highest BCUT2D eigenvalue weighted by atomic mass is 79.9. The summed E-state index contributed by atoms with van der Waals surface area (Å²) < 4.78 is 11.6. The molecule has 102 valence electrons. The van der Waals surface area contributed by atoms with E-state index < -0.39 is 12.0 Å². The number of halogens is 1. The molecule has 2 rings (SSSR count). The Morgan fingerprint density at radius 1 is 1.47 bits per heavy atom. The van der Waals surface area contributed by atoms with E-state index in [1.54, 1.807) is 12.1 Å². The monoisotopic (exact) mass is 329 g/mol. The molecule has 0 saturated carbocycles. The zero-order valence-corrected chi connectivity index (χ0v) is 11.5. The van der Waals surface area contributed by atoms with Gasteiger partial charge in [0.15, 0.2) is 11.5 Å². The van der Waals surface area contributed by atoms with Gasteiger partial charge in [-0.2, -0.15) is 0 Å². The first-order valence-corrected chi connectivity index (χ1v) is 6.41. The van der Waals surface area contributed by atoms with E-state index >= 15 is 0 Å². The second kappa shape index (κ2) is 5.92. The Labute approximate surface area is 117 Å². The van der Waals surface area contributed by atoms with E-state index in [0.29, 0.717) is 41.2 Å². The molecule has 1 aromatic carbocycles. The number of carboxylic acids is 1. The molecule has 0 aromatic heterocycles.